The van der Waals surface area contributed by atoms with Gasteiger partial charge in [-0.25, -0.2) is 0 Å². The van der Waals surface area contributed by atoms with Crippen LogP contribution in [0.3, 0.4) is 0 Å². The predicted octanol–water partition coefficient (Wildman–Crippen LogP) is 11.8. The first-order valence-electron chi connectivity index (χ1n) is 17.8. The summed E-state index contributed by atoms with van der Waals surface area (Å²) in [4.78, 5) is 0. The molecule has 2 aromatic heterocycles. The molecular weight excluding hydrogens is 698 g/mol. The van der Waals surface area contributed by atoms with Crippen molar-refractivity contribution in [3.63, 3.8) is 0 Å². The molecule has 0 spiro atoms. The van der Waals surface area contributed by atoms with Gasteiger partial charge in [0.2, 0.25) is 0 Å². The molecule has 4 heteroatoms. The van der Waals surface area contributed by atoms with Crippen LogP contribution in [-0.2, 0) is 6.42 Å². The number of nitrogens with zero attached hydrogens (tertiary/aromatic N) is 3. The van der Waals surface area contributed by atoms with Crippen molar-refractivity contribution in [3.8, 4) is 67.0 Å². The fraction of sp³-hybridized carbons (Fsp3) is 0.0625. The van der Waals surface area contributed by atoms with Gasteiger partial charge in [0.15, 0.2) is 0 Å². The molecule has 0 radical (unpaired) electrons. The number of benzene rings is 7. The zero-order chi connectivity index (χ0) is 34.8. The quantitative estimate of drug-likeness (QED) is 0.166. The van der Waals surface area contributed by atoms with Crippen molar-refractivity contribution in [1.29, 1.82) is 0 Å². The fourth-order valence-corrected chi connectivity index (χ4v) is 10.6. The average molecular weight is 731 g/mol. The summed E-state index contributed by atoms with van der Waals surface area (Å²) in [5, 5.41) is 17.1. The first kappa shape index (κ1) is 30.9. The molecule has 7 aromatic carbocycles. The second-order valence-electron chi connectivity index (χ2n) is 13.7. The predicted molar refractivity (Wildman–Crippen MR) is 217 cm³/mol. The molecule has 1 aliphatic rings. The molecule has 0 N–H and O–H groups in total. The van der Waals surface area contributed by atoms with E-state index in [2.05, 4.69) is 171 Å². The Morgan fingerprint density at radius 3 is 1.94 bits per heavy atom. The standard InChI is InChI=1S/C48H33N3Se/c1-29-27-39-35-21-10-9-19-33(35)28-40(39)43(30(29)2)46-47(32-17-7-4-8-18-32)49-51-50-48(46)38-25-26-42-45(37-23-13-14-24-41(37)52-42)44(38)36-22-12-11-20-34(36)31-15-5-3-6-16-31/h3-27H,28H2,1-2H3. The minimum absolute atomic E-state index is 0.197. The Labute approximate surface area is 309 Å². The van der Waals surface area contributed by atoms with E-state index in [1.54, 1.807) is 0 Å². The molecule has 9 aromatic rings. The number of hydrogen-bond donors (Lipinski definition) is 0. The zero-order valence-electron chi connectivity index (χ0n) is 28.9. The molecule has 0 amide bonds. The van der Waals surface area contributed by atoms with Crippen molar-refractivity contribution in [2.45, 2.75) is 20.3 Å². The second kappa shape index (κ2) is 12.4. The van der Waals surface area contributed by atoms with E-state index in [4.69, 9.17) is 10.2 Å². The van der Waals surface area contributed by atoms with Gasteiger partial charge >= 0.3 is 310 Å². The topological polar surface area (TPSA) is 38.7 Å². The fourth-order valence-electron chi connectivity index (χ4n) is 8.27. The molecule has 0 saturated carbocycles. The van der Waals surface area contributed by atoms with E-state index in [1.165, 1.54) is 80.5 Å². The normalized spacial score (nSPS) is 12.0. The van der Waals surface area contributed by atoms with E-state index >= 15 is 0 Å². The first-order chi connectivity index (χ1) is 25.7. The van der Waals surface area contributed by atoms with Crippen LogP contribution in [-0.4, -0.2) is 29.9 Å². The Hall–Kier alpha value is -5.93. The molecule has 0 aliphatic heterocycles. The molecule has 0 bridgehead atoms. The molecular formula is C48H33N3Se. The number of hydrogen-bond acceptors (Lipinski definition) is 3. The molecule has 0 saturated heterocycles. The van der Waals surface area contributed by atoms with Gasteiger partial charge in [-0.1, -0.05) is 0 Å². The van der Waals surface area contributed by atoms with E-state index in [9.17, 15) is 0 Å². The second-order valence-corrected chi connectivity index (χ2v) is 15.9. The summed E-state index contributed by atoms with van der Waals surface area (Å²) in [5.74, 6) is 0. The van der Waals surface area contributed by atoms with Gasteiger partial charge in [0.1, 0.15) is 0 Å². The van der Waals surface area contributed by atoms with Crippen molar-refractivity contribution < 1.29 is 0 Å². The Bertz CT molecular complexity index is 2840. The Balaban J connectivity index is 1.37. The van der Waals surface area contributed by atoms with Crippen LogP contribution in [0.4, 0.5) is 0 Å². The van der Waals surface area contributed by atoms with Crippen LogP contribution in [0.15, 0.2) is 152 Å². The molecule has 2 heterocycles. The summed E-state index contributed by atoms with van der Waals surface area (Å²) in [6.45, 7) is 4.50. The maximum absolute atomic E-state index is 5.07. The Morgan fingerprint density at radius 1 is 0.481 bits per heavy atom. The van der Waals surface area contributed by atoms with Crippen LogP contribution >= 0.6 is 0 Å². The number of fused-ring (bicyclic) bond motifs is 6. The van der Waals surface area contributed by atoms with Gasteiger partial charge < -0.3 is 0 Å². The van der Waals surface area contributed by atoms with Crippen LogP contribution in [0.1, 0.15) is 22.3 Å². The van der Waals surface area contributed by atoms with Gasteiger partial charge in [0.25, 0.3) is 0 Å². The molecule has 1 aliphatic carbocycles. The Morgan fingerprint density at radius 2 is 1.13 bits per heavy atom. The number of aromatic nitrogens is 3. The summed E-state index contributed by atoms with van der Waals surface area (Å²) in [6, 6.07) is 54.9. The summed E-state index contributed by atoms with van der Waals surface area (Å²) in [7, 11) is 0. The van der Waals surface area contributed by atoms with E-state index in [0.717, 1.165) is 34.5 Å². The first-order valence-corrected chi connectivity index (χ1v) is 19.5. The van der Waals surface area contributed by atoms with Gasteiger partial charge in [-0.2, -0.15) is 0 Å². The third-order valence-corrected chi connectivity index (χ3v) is 13.2. The molecule has 0 fully saturated rings. The number of aryl methyl sites for hydroxylation is 1. The van der Waals surface area contributed by atoms with Crippen molar-refractivity contribution in [2.24, 2.45) is 0 Å². The van der Waals surface area contributed by atoms with E-state index < -0.39 is 0 Å². The monoisotopic (exact) mass is 731 g/mol. The van der Waals surface area contributed by atoms with Crippen LogP contribution in [0.2, 0.25) is 0 Å². The minimum atomic E-state index is 0.197. The summed E-state index contributed by atoms with van der Waals surface area (Å²) < 4.78 is 2.81. The molecule has 0 atom stereocenters. The molecule has 10 rings (SSSR count). The SMILES string of the molecule is Cc1cc2c(c(-c3c(-c4ccccc4)nnnc3-c3ccc4[se]c5ccccc5c4c3-c3ccccc3-c3ccccc3)c1C)Cc1ccccc1-2. The van der Waals surface area contributed by atoms with Crippen LogP contribution < -0.4 is 0 Å². The molecule has 3 nitrogen and oxygen atoms in total. The van der Waals surface area contributed by atoms with Crippen molar-refractivity contribution in [2.75, 3.05) is 0 Å². The zero-order valence-corrected chi connectivity index (χ0v) is 30.6. The van der Waals surface area contributed by atoms with Crippen LogP contribution in [0, 0.1) is 13.8 Å². The Kier molecular flexibility index (Phi) is 7.35. The summed E-state index contributed by atoms with van der Waals surface area (Å²) in [5.41, 5.74) is 18.7. The maximum atomic E-state index is 5.07. The van der Waals surface area contributed by atoms with Gasteiger partial charge in [-0.05, 0) is 0 Å². The summed E-state index contributed by atoms with van der Waals surface area (Å²) >= 11 is 0.197. The van der Waals surface area contributed by atoms with Crippen molar-refractivity contribution in [1.82, 2.24) is 15.4 Å². The average Bonchev–Trinajstić information content (AvgIpc) is 3.77. The number of rotatable bonds is 5. The van der Waals surface area contributed by atoms with Gasteiger partial charge in [-0.15, -0.1) is 0 Å². The van der Waals surface area contributed by atoms with Crippen molar-refractivity contribution in [3.05, 3.63) is 174 Å². The van der Waals surface area contributed by atoms with E-state index in [1.807, 2.05) is 0 Å². The van der Waals surface area contributed by atoms with Gasteiger partial charge in [-0.3, -0.25) is 0 Å². The summed E-state index contributed by atoms with van der Waals surface area (Å²) in [6.07, 6.45) is 0.863. The molecule has 246 valence electrons. The van der Waals surface area contributed by atoms with Crippen LogP contribution in [0.25, 0.3) is 86.3 Å². The third kappa shape index (κ3) is 4.83. The van der Waals surface area contributed by atoms with Gasteiger partial charge in [0, 0.05) is 0 Å². The van der Waals surface area contributed by atoms with E-state index in [0.29, 0.717) is 0 Å². The van der Waals surface area contributed by atoms with Crippen molar-refractivity contribution >= 4 is 33.8 Å². The van der Waals surface area contributed by atoms with E-state index in [-0.39, 0.29) is 14.5 Å². The third-order valence-electron chi connectivity index (χ3n) is 10.8. The molecule has 0 unspecified atom stereocenters. The molecule has 52 heavy (non-hydrogen) atoms. The van der Waals surface area contributed by atoms with Gasteiger partial charge in [0.05, 0.1) is 0 Å². The van der Waals surface area contributed by atoms with Crippen LogP contribution in [0.5, 0.6) is 0 Å².